The monoisotopic (exact) mass is 951 g/mol. The molecule has 60 heavy (non-hydrogen) atoms. The summed E-state index contributed by atoms with van der Waals surface area (Å²) < 4.78 is 16.9. The Hall–Kier alpha value is -5.55. The summed E-state index contributed by atoms with van der Waals surface area (Å²) in [6, 6.07) is 19.3. The van der Waals surface area contributed by atoms with Gasteiger partial charge in [0.1, 0.15) is 35.9 Å². The molecule has 1 aromatic heterocycles. The Labute approximate surface area is 366 Å². The number of anilines is 1. The van der Waals surface area contributed by atoms with Gasteiger partial charge in [-0.25, -0.2) is 9.59 Å². The van der Waals surface area contributed by atoms with Gasteiger partial charge in [0.15, 0.2) is 0 Å². The Morgan fingerprint density at radius 1 is 0.800 bits per heavy atom. The predicted octanol–water partition coefficient (Wildman–Crippen LogP) is 5.71. The van der Waals surface area contributed by atoms with Crippen LogP contribution in [0.25, 0.3) is 0 Å². The average molecular weight is 954 g/mol. The maximum atomic E-state index is 14.3. The molecule has 0 radical (unpaired) electrons. The highest BCUT2D eigenvalue weighted by atomic mass is 79.9. The molecule has 5 amide bonds. The van der Waals surface area contributed by atoms with Crippen molar-refractivity contribution in [2.24, 2.45) is 0 Å². The summed E-state index contributed by atoms with van der Waals surface area (Å²) in [6.45, 7) is 2.76. The van der Waals surface area contributed by atoms with Crippen molar-refractivity contribution < 1.29 is 38.5 Å². The van der Waals surface area contributed by atoms with Crippen LogP contribution < -0.4 is 35.6 Å². The number of amides is 5. The van der Waals surface area contributed by atoms with Crippen molar-refractivity contribution in [1.29, 1.82) is 0 Å². The van der Waals surface area contributed by atoms with Crippen LogP contribution in [0.3, 0.4) is 0 Å². The van der Waals surface area contributed by atoms with Gasteiger partial charge in [0, 0.05) is 63.8 Å². The number of alkyl carbamates (subject to hydrolysis) is 1. The lowest BCUT2D eigenvalue weighted by molar-refractivity contribution is -0.137. The number of rotatable bonds is 19. The number of pyridine rings is 1. The van der Waals surface area contributed by atoms with Crippen LogP contribution in [0.15, 0.2) is 94.1 Å². The number of piperazine rings is 1. The third-order valence-corrected chi connectivity index (χ3v) is 11.2. The van der Waals surface area contributed by atoms with E-state index in [1.165, 1.54) is 0 Å². The molecule has 0 bridgehead atoms. The second-order valence-corrected chi connectivity index (χ2v) is 15.8. The van der Waals surface area contributed by atoms with Crippen LogP contribution in [0.5, 0.6) is 17.2 Å². The molecule has 15 nitrogen and oxygen atoms in total. The van der Waals surface area contributed by atoms with E-state index in [2.05, 4.69) is 63.0 Å². The van der Waals surface area contributed by atoms with E-state index >= 15 is 0 Å². The molecule has 4 aromatic rings. The van der Waals surface area contributed by atoms with Crippen molar-refractivity contribution in [3.63, 3.8) is 0 Å². The molecule has 2 heterocycles. The number of halogens is 2. The third-order valence-electron chi connectivity index (χ3n) is 9.94. The van der Waals surface area contributed by atoms with Crippen LogP contribution in [-0.4, -0.2) is 105 Å². The molecule has 320 valence electrons. The minimum Gasteiger partial charge on any atom is -0.506 e. The zero-order valence-electron chi connectivity index (χ0n) is 33.6. The summed E-state index contributed by atoms with van der Waals surface area (Å²) in [5.41, 5.74) is 3.34. The number of aromatic nitrogens is 1. The fourth-order valence-corrected chi connectivity index (χ4v) is 7.99. The Kier molecular flexibility index (Phi) is 17.7. The van der Waals surface area contributed by atoms with E-state index < -0.39 is 30.1 Å². The average Bonchev–Trinajstić information content (AvgIpc) is 3.27. The fraction of sp³-hybridized carbons (Fsp3) is 0.372. The number of nitrogens with zero attached hydrogens (tertiary/aromatic N) is 3. The van der Waals surface area contributed by atoms with Gasteiger partial charge >= 0.3 is 12.1 Å². The molecule has 0 unspecified atom stereocenters. The number of hydrogen-bond donors (Lipinski definition) is 5. The van der Waals surface area contributed by atoms with Gasteiger partial charge in [-0.05, 0) is 117 Å². The molecule has 0 saturated carbocycles. The predicted molar refractivity (Wildman–Crippen MR) is 234 cm³/mol. The van der Waals surface area contributed by atoms with E-state index in [9.17, 15) is 24.3 Å². The number of hydrogen-bond acceptors (Lipinski definition) is 10. The number of unbranched alkanes of at least 4 members (excludes halogenated alkanes) is 1. The number of urea groups is 1. The molecule has 5 rings (SSSR count). The van der Waals surface area contributed by atoms with Gasteiger partial charge in [-0.2, -0.15) is 0 Å². The summed E-state index contributed by atoms with van der Waals surface area (Å²) in [5, 5.41) is 21.7. The number of ether oxygens (including phenoxy) is 3. The molecule has 1 aliphatic rings. The summed E-state index contributed by atoms with van der Waals surface area (Å²) in [4.78, 5) is 62.2. The molecular weight excluding hydrogens is 902 g/mol. The molecule has 0 aliphatic carbocycles. The lowest BCUT2D eigenvalue weighted by Gasteiger charge is -2.37. The summed E-state index contributed by atoms with van der Waals surface area (Å²) in [7, 11) is 3.14. The topological polar surface area (TPSA) is 184 Å². The third kappa shape index (κ3) is 13.8. The molecule has 0 spiro atoms. The summed E-state index contributed by atoms with van der Waals surface area (Å²) >= 11 is 6.71. The molecule has 1 saturated heterocycles. The van der Waals surface area contributed by atoms with Crippen molar-refractivity contribution in [2.45, 2.75) is 50.8 Å². The second-order valence-electron chi connectivity index (χ2n) is 14.1. The molecular formula is C43H51Br2N7O8. The first-order valence-electron chi connectivity index (χ1n) is 19.7. The minimum absolute atomic E-state index is 0.00735. The van der Waals surface area contributed by atoms with Gasteiger partial charge in [0.25, 0.3) is 0 Å². The Morgan fingerprint density at radius 2 is 1.52 bits per heavy atom. The Bertz CT molecular complexity index is 2020. The molecule has 1 fully saturated rings. The van der Waals surface area contributed by atoms with Gasteiger partial charge in [-0.3, -0.25) is 14.6 Å². The van der Waals surface area contributed by atoms with E-state index in [1.807, 2.05) is 48.5 Å². The highest BCUT2D eigenvalue weighted by molar-refractivity contribution is 9.11. The summed E-state index contributed by atoms with van der Waals surface area (Å²) in [5.74, 6) is 0.490. The van der Waals surface area contributed by atoms with Crippen LogP contribution in [0.2, 0.25) is 0 Å². The quantitative estimate of drug-likeness (QED) is 0.0730. The standard InChI is InChI=1S/C43H51Br2N7O8/c1-58-33-11-12-38(59-2)31(27-33)13-19-47-42(56)50-37(26-30-24-34(44)39(53)35(45)25-30)40(54)49-36(10-6-7-16-48-43(57)60-28-29-8-4-3-5-9-29)41(55)52-22-20-51(21-23-52)32-14-17-46-18-15-32/h3-5,8-9,11-12,14-15,17-18,24-25,27,36-37,53H,6-7,10,13,16,19-23,26,28H2,1-2H3,(H,48,57)(H,49,54)(H2,47,50,56)/t36-,37+/m0/s1. The van der Waals surface area contributed by atoms with E-state index in [4.69, 9.17) is 14.2 Å². The van der Waals surface area contributed by atoms with Gasteiger partial charge < -0.3 is 50.4 Å². The molecule has 3 aromatic carbocycles. The largest absolute Gasteiger partial charge is 0.506 e. The van der Waals surface area contributed by atoms with E-state index in [-0.39, 0.29) is 37.6 Å². The van der Waals surface area contributed by atoms with Crippen molar-refractivity contribution in [1.82, 2.24) is 31.2 Å². The molecule has 17 heteroatoms. The molecule has 1 aliphatic heterocycles. The Morgan fingerprint density at radius 3 is 2.20 bits per heavy atom. The first-order valence-corrected chi connectivity index (χ1v) is 21.2. The van der Waals surface area contributed by atoms with Gasteiger partial charge in [0.05, 0.1) is 23.2 Å². The maximum Gasteiger partial charge on any atom is 0.407 e. The normalized spacial score (nSPS) is 13.4. The van der Waals surface area contributed by atoms with Gasteiger partial charge in [-0.15, -0.1) is 0 Å². The number of carbonyl (C=O) groups excluding carboxylic acids is 4. The highest BCUT2D eigenvalue weighted by Gasteiger charge is 2.31. The number of aromatic hydroxyl groups is 1. The minimum atomic E-state index is -1.11. The Balaban J connectivity index is 1.26. The van der Waals surface area contributed by atoms with Crippen LogP contribution >= 0.6 is 31.9 Å². The zero-order chi connectivity index (χ0) is 42.9. The van der Waals surface area contributed by atoms with Gasteiger partial charge in [0.2, 0.25) is 11.8 Å². The van der Waals surface area contributed by atoms with Crippen LogP contribution in [0.4, 0.5) is 15.3 Å². The molecule has 2 atom stereocenters. The first-order chi connectivity index (χ1) is 29.0. The van der Waals surface area contributed by atoms with Crippen LogP contribution in [-0.2, 0) is 33.8 Å². The number of phenolic OH excluding ortho intramolecular Hbond substituents is 1. The van der Waals surface area contributed by atoms with E-state index in [0.717, 1.165) is 16.8 Å². The first kappa shape index (κ1) is 45.5. The van der Waals surface area contributed by atoms with Crippen LogP contribution in [0.1, 0.15) is 36.0 Å². The van der Waals surface area contributed by atoms with Crippen molar-refractivity contribution in [3.05, 3.63) is 111 Å². The maximum absolute atomic E-state index is 14.3. The fourth-order valence-electron chi connectivity index (χ4n) is 6.71. The van der Waals surface area contributed by atoms with E-state index in [0.29, 0.717) is 78.0 Å². The number of benzene rings is 3. The second kappa shape index (κ2) is 23.3. The zero-order valence-corrected chi connectivity index (χ0v) is 36.8. The van der Waals surface area contributed by atoms with Crippen LogP contribution in [0, 0.1) is 0 Å². The highest BCUT2D eigenvalue weighted by Crippen LogP contribution is 2.34. The smallest absolute Gasteiger partial charge is 0.407 e. The number of nitrogens with one attached hydrogen (secondary N) is 4. The van der Waals surface area contributed by atoms with Crippen molar-refractivity contribution in [3.8, 4) is 17.2 Å². The SMILES string of the molecule is COc1ccc(OC)c(CCNC(=O)N[C@H](Cc2cc(Br)c(O)c(Br)c2)C(=O)N[C@@H](CCCCNC(=O)OCc2ccccc2)C(=O)N2CCN(c3ccncc3)CC2)c1. The van der Waals surface area contributed by atoms with Gasteiger partial charge in [-0.1, -0.05) is 30.3 Å². The van der Waals surface area contributed by atoms with Crippen molar-refractivity contribution >= 4 is 61.5 Å². The lowest BCUT2D eigenvalue weighted by atomic mass is 10.0. The summed E-state index contributed by atoms with van der Waals surface area (Å²) in [6.07, 6.45) is 4.68. The number of methoxy groups -OCH3 is 2. The van der Waals surface area contributed by atoms with E-state index in [1.54, 1.807) is 55.8 Å². The lowest BCUT2D eigenvalue weighted by Crippen LogP contribution is -2.58. The number of phenols is 1. The van der Waals surface area contributed by atoms with Crippen molar-refractivity contribution in [2.75, 3.05) is 58.4 Å². The molecule has 5 N–H and O–H groups in total. The number of carbonyl (C=O) groups is 4.